The Morgan fingerprint density at radius 1 is 1.42 bits per heavy atom. The van der Waals surface area contributed by atoms with Crippen LogP contribution in [0.2, 0.25) is 0 Å². The number of nitrogens with zero attached hydrogens (tertiary/aromatic N) is 3. The third-order valence-corrected chi connectivity index (χ3v) is 4.15. The van der Waals surface area contributed by atoms with Crippen LogP contribution in [0.1, 0.15) is 34.0 Å². The Hall–Kier alpha value is -1.47. The molecule has 7 heteroatoms. The minimum absolute atomic E-state index is 0.119. The van der Waals surface area contributed by atoms with E-state index in [4.69, 9.17) is 0 Å². The molecule has 0 bridgehead atoms. The fraction of sp³-hybridized carbons (Fsp3) is 0.333. The van der Waals surface area contributed by atoms with Crippen LogP contribution in [0.5, 0.6) is 0 Å². The van der Waals surface area contributed by atoms with E-state index >= 15 is 0 Å². The summed E-state index contributed by atoms with van der Waals surface area (Å²) in [6.45, 7) is 3.84. The third kappa shape index (κ3) is 3.51. The lowest BCUT2D eigenvalue weighted by Gasteiger charge is -2.10. The van der Waals surface area contributed by atoms with E-state index in [1.807, 2.05) is 25.5 Å². The summed E-state index contributed by atoms with van der Waals surface area (Å²) in [5, 5.41) is 6.40. The van der Waals surface area contributed by atoms with Gasteiger partial charge in [0.1, 0.15) is 5.01 Å². The number of hydrogen-bond acceptors (Lipinski definition) is 6. The second-order valence-corrected chi connectivity index (χ2v) is 5.64. The summed E-state index contributed by atoms with van der Waals surface area (Å²) in [6, 6.07) is -0.119. The highest BCUT2D eigenvalue weighted by atomic mass is 32.2. The number of aryl methyl sites for hydroxylation is 1. The van der Waals surface area contributed by atoms with Gasteiger partial charge in [-0.1, -0.05) is 11.8 Å². The van der Waals surface area contributed by atoms with E-state index in [1.165, 1.54) is 24.2 Å². The average molecular weight is 294 g/mol. The first-order valence-electron chi connectivity index (χ1n) is 5.69. The van der Waals surface area contributed by atoms with Gasteiger partial charge in [0, 0.05) is 23.5 Å². The topological polar surface area (TPSA) is 67.8 Å². The van der Waals surface area contributed by atoms with Crippen LogP contribution in [-0.4, -0.2) is 27.1 Å². The molecule has 2 rings (SSSR count). The number of carbonyl (C=O) groups excluding carboxylic acids is 1. The second-order valence-electron chi connectivity index (χ2n) is 3.98. The number of carbonyl (C=O) groups is 1. The maximum absolute atomic E-state index is 12.0. The van der Waals surface area contributed by atoms with Gasteiger partial charge in [-0.05, 0) is 20.1 Å². The first kappa shape index (κ1) is 14.0. The number of nitrogens with one attached hydrogen (secondary N) is 1. The maximum atomic E-state index is 12.0. The number of rotatable bonds is 4. The smallest absolute Gasteiger partial charge is 0.254 e. The minimum atomic E-state index is -0.187. The summed E-state index contributed by atoms with van der Waals surface area (Å²) in [7, 11) is 0. The summed E-state index contributed by atoms with van der Waals surface area (Å²) in [5.74, 6) is -0.187. The van der Waals surface area contributed by atoms with Gasteiger partial charge in [0.25, 0.3) is 5.91 Å². The Kier molecular flexibility index (Phi) is 4.49. The quantitative estimate of drug-likeness (QED) is 0.693. The number of amides is 1. The lowest BCUT2D eigenvalue weighted by molar-refractivity contribution is 0.0939. The molecular weight excluding hydrogens is 280 g/mol. The standard InChI is InChI=1S/C12H14N4OS2/c1-7-6-19-11(15-7)8(2)16-10(17)9-4-13-12(18-3)14-5-9/h4-6,8H,1-3H3,(H,16,17)/t8-/m1/s1. The maximum Gasteiger partial charge on any atom is 0.254 e. The van der Waals surface area contributed by atoms with Crippen LogP contribution in [0.4, 0.5) is 0 Å². The Balaban J connectivity index is 2.03. The van der Waals surface area contributed by atoms with Crippen LogP contribution < -0.4 is 5.32 Å². The molecule has 0 unspecified atom stereocenters. The van der Waals surface area contributed by atoms with Crippen LogP contribution >= 0.6 is 23.1 Å². The Morgan fingerprint density at radius 3 is 2.63 bits per heavy atom. The van der Waals surface area contributed by atoms with Gasteiger partial charge in [0.15, 0.2) is 5.16 Å². The zero-order valence-corrected chi connectivity index (χ0v) is 12.5. The van der Waals surface area contributed by atoms with Crippen molar-refractivity contribution in [2.24, 2.45) is 0 Å². The zero-order chi connectivity index (χ0) is 13.8. The van der Waals surface area contributed by atoms with Crippen molar-refractivity contribution in [3.8, 4) is 0 Å². The van der Waals surface area contributed by atoms with Crippen LogP contribution in [0.3, 0.4) is 0 Å². The Labute approximate surface area is 119 Å². The van der Waals surface area contributed by atoms with Gasteiger partial charge in [-0.15, -0.1) is 11.3 Å². The minimum Gasteiger partial charge on any atom is -0.343 e. The molecule has 19 heavy (non-hydrogen) atoms. The molecule has 2 heterocycles. The van der Waals surface area contributed by atoms with Gasteiger partial charge >= 0.3 is 0 Å². The molecule has 0 aromatic carbocycles. The van der Waals surface area contributed by atoms with E-state index < -0.39 is 0 Å². The fourth-order valence-corrected chi connectivity index (χ4v) is 2.57. The molecule has 1 N–H and O–H groups in total. The number of hydrogen-bond donors (Lipinski definition) is 1. The van der Waals surface area contributed by atoms with E-state index in [9.17, 15) is 4.79 Å². The lowest BCUT2D eigenvalue weighted by atomic mass is 10.3. The molecule has 0 radical (unpaired) electrons. The van der Waals surface area contributed by atoms with Gasteiger partial charge in [-0.25, -0.2) is 15.0 Å². The van der Waals surface area contributed by atoms with Crippen molar-refractivity contribution in [3.05, 3.63) is 34.0 Å². The Morgan fingerprint density at radius 2 is 2.11 bits per heavy atom. The SMILES string of the molecule is CSc1ncc(C(=O)N[C@H](C)c2nc(C)cs2)cn1. The van der Waals surface area contributed by atoms with Crippen molar-refractivity contribution in [1.82, 2.24) is 20.3 Å². The normalized spacial score (nSPS) is 12.2. The lowest BCUT2D eigenvalue weighted by Crippen LogP contribution is -2.26. The average Bonchev–Trinajstić information content (AvgIpc) is 2.85. The third-order valence-electron chi connectivity index (χ3n) is 2.43. The summed E-state index contributed by atoms with van der Waals surface area (Å²) in [5.41, 5.74) is 1.42. The number of thiazole rings is 1. The molecule has 2 aromatic rings. The van der Waals surface area contributed by atoms with E-state index in [2.05, 4.69) is 20.3 Å². The predicted octanol–water partition coefficient (Wildman–Crippen LogP) is 2.45. The first-order chi connectivity index (χ1) is 9.10. The van der Waals surface area contributed by atoms with Crippen LogP contribution in [0.25, 0.3) is 0 Å². The molecule has 0 fully saturated rings. The van der Waals surface area contributed by atoms with E-state index in [-0.39, 0.29) is 11.9 Å². The first-order valence-corrected chi connectivity index (χ1v) is 7.79. The van der Waals surface area contributed by atoms with Crippen LogP contribution in [-0.2, 0) is 0 Å². The summed E-state index contributed by atoms with van der Waals surface area (Å²) < 4.78 is 0. The Bertz CT molecular complexity index is 567. The van der Waals surface area contributed by atoms with Gasteiger partial charge in [0.2, 0.25) is 0 Å². The molecule has 0 saturated carbocycles. The highest BCUT2D eigenvalue weighted by Gasteiger charge is 2.14. The second kappa shape index (κ2) is 6.12. The molecule has 0 aliphatic rings. The van der Waals surface area contributed by atoms with Gasteiger partial charge < -0.3 is 5.32 Å². The molecule has 5 nitrogen and oxygen atoms in total. The molecule has 2 aromatic heterocycles. The van der Waals surface area contributed by atoms with Gasteiger partial charge in [-0.2, -0.15) is 0 Å². The number of thioether (sulfide) groups is 1. The van der Waals surface area contributed by atoms with Crippen molar-refractivity contribution in [1.29, 1.82) is 0 Å². The largest absolute Gasteiger partial charge is 0.343 e. The van der Waals surface area contributed by atoms with Crippen molar-refractivity contribution in [2.45, 2.75) is 25.0 Å². The van der Waals surface area contributed by atoms with Crippen molar-refractivity contribution < 1.29 is 4.79 Å². The summed E-state index contributed by atoms with van der Waals surface area (Å²) in [6.07, 6.45) is 4.96. The molecule has 0 aliphatic carbocycles. The van der Waals surface area contributed by atoms with Crippen LogP contribution in [0.15, 0.2) is 22.9 Å². The van der Waals surface area contributed by atoms with E-state index in [1.54, 1.807) is 11.3 Å². The highest BCUT2D eigenvalue weighted by molar-refractivity contribution is 7.98. The van der Waals surface area contributed by atoms with E-state index in [0.29, 0.717) is 10.7 Å². The molecule has 1 atom stereocenters. The van der Waals surface area contributed by atoms with Crippen molar-refractivity contribution in [3.63, 3.8) is 0 Å². The molecule has 1 amide bonds. The zero-order valence-electron chi connectivity index (χ0n) is 10.9. The number of aromatic nitrogens is 3. The van der Waals surface area contributed by atoms with Crippen LogP contribution in [0, 0.1) is 6.92 Å². The molecule has 0 aliphatic heterocycles. The predicted molar refractivity (Wildman–Crippen MR) is 76.5 cm³/mol. The van der Waals surface area contributed by atoms with Gasteiger partial charge in [0.05, 0.1) is 11.6 Å². The van der Waals surface area contributed by atoms with Crippen molar-refractivity contribution >= 4 is 29.0 Å². The van der Waals surface area contributed by atoms with Gasteiger partial charge in [-0.3, -0.25) is 4.79 Å². The summed E-state index contributed by atoms with van der Waals surface area (Å²) >= 11 is 2.98. The molecular formula is C12H14N4OS2. The highest BCUT2D eigenvalue weighted by Crippen LogP contribution is 2.17. The monoisotopic (exact) mass is 294 g/mol. The molecule has 100 valence electrons. The fourth-order valence-electron chi connectivity index (χ4n) is 1.45. The van der Waals surface area contributed by atoms with E-state index in [0.717, 1.165) is 10.7 Å². The summed E-state index contributed by atoms with van der Waals surface area (Å²) in [4.78, 5) is 24.5. The molecule has 0 spiro atoms. The van der Waals surface area contributed by atoms with Crippen molar-refractivity contribution in [2.75, 3.05) is 6.26 Å². The molecule has 0 saturated heterocycles.